The summed E-state index contributed by atoms with van der Waals surface area (Å²) in [6, 6.07) is 9.87. The van der Waals surface area contributed by atoms with Crippen LogP contribution in [0.5, 0.6) is 5.75 Å². The van der Waals surface area contributed by atoms with Gasteiger partial charge >= 0.3 is 23.9 Å². The molecule has 0 fully saturated rings. The number of alkyl halides is 3. The van der Waals surface area contributed by atoms with Gasteiger partial charge in [-0.2, -0.15) is 13.2 Å². The average Bonchev–Trinajstić information content (AvgIpc) is 2.62. The molecule has 2 rings (SSSR count). The van der Waals surface area contributed by atoms with E-state index >= 15 is 0 Å². The van der Waals surface area contributed by atoms with Gasteiger partial charge < -0.3 is 9.47 Å². The van der Waals surface area contributed by atoms with E-state index in [4.69, 9.17) is 4.74 Å². The first-order valence-electron chi connectivity index (χ1n) is 7.76. The first kappa shape index (κ1) is 20.0. The highest BCUT2D eigenvalue weighted by Crippen LogP contribution is 2.34. The Kier molecular flexibility index (Phi) is 6.22. The fourth-order valence-corrected chi connectivity index (χ4v) is 2.00. The number of carbonyl (C=O) groups is 2. The summed E-state index contributed by atoms with van der Waals surface area (Å²) in [7, 11) is 0. The van der Waals surface area contributed by atoms with Crippen LogP contribution in [0.1, 0.15) is 6.92 Å². The molecule has 7 nitrogen and oxygen atoms in total. The maximum Gasteiger partial charge on any atom is 0.460 e. The number of aromatic nitrogens is 1. The molecule has 1 heterocycles. The third-order valence-electron chi connectivity index (χ3n) is 3.17. The number of pyridine rings is 1. The fraction of sp³-hybridized carbons (Fsp3) is 0.235. The first-order valence-corrected chi connectivity index (χ1v) is 7.76. The highest BCUT2D eigenvalue weighted by atomic mass is 19.4. The minimum absolute atomic E-state index is 0.0188. The van der Waals surface area contributed by atoms with Crippen LogP contribution >= 0.6 is 0 Å². The Bertz CT molecular complexity index is 772. The maximum absolute atomic E-state index is 13.8. The largest absolute Gasteiger partial charge is 0.461 e. The lowest BCUT2D eigenvalue weighted by molar-refractivity contribution is -0.259. The Morgan fingerprint density at radius 2 is 1.74 bits per heavy atom. The molecule has 0 bridgehead atoms. The van der Waals surface area contributed by atoms with Crippen molar-refractivity contribution >= 4 is 17.8 Å². The van der Waals surface area contributed by atoms with Gasteiger partial charge in [0, 0.05) is 6.20 Å². The molecule has 0 saturated heterocycles. The zero-order valence-corrected chi connectivity index (χ0v) is 14.1. The Balaban J connectivity index is 2.37. The lowest BCUT2D eigenvalue weighted by Crippen LogP contribution is -2.69. The molecule has 2 N–H and O–H groups in total. The fourth-order valence-electron chi connectivity index (χ4n) is 2.00. The van der Waals surface area contributed by atoms with Crippen LogP contribution in [0.4, 0.5) is 23.8 Å². The molecule has 0 aliphatic rings. The molecule has 0 unspecified atom stereocenters. The van der Waals surface area contributed by atoms with Crippen molar-refractivity contribution in [1.29, 1.82) is 0 Å². The predicted molar refractivity (Wildman–Crippen MR) is 88.9 cm³/mol. The normalized spacial score (nSPS) is 13.2. The van der Waals surface area contributed by atoms with Crippen LogP contribution in [0.3, 0.4) is 0 Å². The lowest BCUT2D eigenvalue weighted by Gasteiger charge is -2.33. The molecule has 10 heteroatoms. The molecule has 0 saturated carbocycles. The molecule has 0 aliphatic heterocycles. The predicted octanol–water partition coefficient (Wildman–Crippen LogP) is 3.10. The SMILES string of the molecule is CCOC(=O)[C@](NC(=O)Nc1ccccn1)(Oc1ccccc1)C(F)(F)F. The van der Waals surface area contributed by atoms with Gasteiger partial charge in [-0.05, 0) is 31.2 Å². The molecule has 2 amide bonds. The maximum atomic E-state index is 13.8. The second kappa shape index (κ2) is 8.39. The monoisotopic (exact) mass is 383 g/mol. The van der Waals surface area contributed by atoms with E-state index in [9.17, 15) is 22.8 Å². The number of urea groups is 1. The van der Waals surface area contributed by atoms with Crippen molar-refractivity contribution in [3.05, 3.63) is 54.7 Å². The van der Waals surface area contributed by atoms with Gasteiger partial charge in [0.1, 0.15) is 11.6 Å². The minimum atomic E-state index is -5.32. The smallest absolute Gasteiger partial charge is 0.460 e. The summed E-state index contributed by atoms with van der Waals surface area (Å²) >= 11 is 0. The van der Waals surface area contributed by atoms with Gasteiger partial charge in [0.25, 0.3) is 0 Å². The molecular formula is C17H16F3N3O4. The van der Waals surface area contributed by atoms with E-state index in [0.29, 0.717) is 0 Å². The molecule has 1 aromatic heterocycles. The Morgan fingerprint density at radius 1 is 1.07 bits per heavy atom. The van der Waals surface area contributed by atoms with Crippen LogP contribution < -0.4 is 15.4 Å². The van der Waals surface area contributed by atoms with Crippen LogP contribution in [-0.2, 0) is 9.53 Å². The number of hydrogen-bond donors (Lipinski definition) is 2. The van der Waals surface area contributed by atoms with Crippen molar-refractivity contribution in [3.8, 4) is 5.75 Å². The minimum Gasteiger partial charge on any atom is -0.461 e. The van der Waals surface area contributed by atoms with Gasteiger partial charge in [-0.15, -0.1) is 0 Å². The summed E-state index contributed by atoms with van der Waals surface area (Å²) in [5.74, 6) is -2.12. The zero-order valence-electron chi connectivity index (χ0n) is 14.1. The summed E-state index contributed by atoms with van der Waals surface area (Å²) in [5, 5.41) is 3.64. The number of esters is 1. The number of ether oxygens (including phenoxy) is 2. The van der Waals surface area contributed by atoms with Crippen molar-refractivity contribution in [2.45, 2.75) is 18.8 Å². The van der Waals surface area contributed by atoms with E-state index in [-0.39, 0.29) is 18.2 Å². The second-order valence-corrected chi connectivity index (χ2v) is 5.11. The number of nitrogens with zero attached hydrogens (tertiary/aromatic N) is 1. The molecule has 0 aliphatic carbocycles. The summed E-state index contributed by atoms with van der Waals surface area (Å²) < 4.78 is 51.0. The topological polar surface area (TPSA) is 89.5 Å². The number of amides is 2. The van der Waals surface area contributed by atoms with Gasteiger partial charge in [-0.25, -0.2) is 14.6 Å². The highest BCUT2D eigenvalue weighted by Gasteiger charge is 2.66. The quantitative estimate of drug-likeness (QED) is 0.591. The Hall–Kier alpha value is -3.30. The van der Waals surface area contributed by atoms with Crippen LogP contribution in [0.2, 0.25) is 0 Å². The van der Waals surface area contributed by atoms with Crippen LogP contribution in [0.15, 0.2) is 54.7 Å². The van der Waals surface area contributed by atoms with E-state index in [2.05, 4.69) is 15.0 Å². The number of para-hydroxylation sites is 1. The summed E-state index contributed by atoms with van der Waals surface area (Å²) in [4.78, 5) is 28.1. The van der Waals surface area contributed by atoms with Crippen molar-refractivity contribution in [1.82, 2.24) is 10.3 Å². The summed E-state index contributed by atoms with van der Waals surface area (Å²) in [6.45, 7) is 0.980. The molecule has 2 aromatic rings. The van der Waals surface area contributed by atoms with Crippen molar-refractivity contribution < 1.29 is 32.2 Å². The van der Waals surface area contributed by atoms with Gasteiger partial charge in [0.05, 0.1) is 6.61 Å². The number of halogens is 3. The van der Waals surface area contributed by atoms with E-state index in [0.717, 1.165) is 0 Å². The summed E-state index contributed by atoms with van der Waals surface area (Å²) in [5.41, 5.74) is -3.75. The molecule has 144 valence electrons. The Labute approximate surface area is 152 Å². The highest BCUT2D eigenvalue weighted by molar-refractivity contribution is 5.93. The molecular weight excluding hydrogens is 367 g/mol. The molecule has 1 atom stereocenters. The number of carbonyl (C=O) groups excluding carboxylic acids is 2. The zero-order chi connectivity index (χ0) is 19.9. The lowest BCUT2D eigenvalue weighted by atomic mass is 10.2. The number of anilines is 1. The van der Waals surface area contributed by atoms with E-state index in [1.165, 1.54) is 49.5 Å². The second-order valence-electron chi connectivity index (χ2n) is 5.11. The standard InChI is InChI=1S/C17H16F3N3O4/c1-2-26-14(24)16(17(18,19)20,27-12-8-4-3-5-9-12)23-15(25)22-13-10-6-7-11-21-13/h3-11H,2H2,1H3,(H2,21,22,23,25)/t16-/m0/s1. The molecule has 1 aromatic carbocycles. The average molecular weight is 383 g/mol. The van der Waals surface area contributed by atoms with Crippen molar-refractivity contribution in [2.24, 2.45) is 0 Å². The van der Waals surface area contributed by atoms with E-state index in [1.54, 1.807) is 17.4 Å². The molecule has 0 spiro atoms. The van der Waals surface area contributed by atoms with Gasteiger partial charge in [-0.1, -0.05) is 24.3 Å². The number of nitrogens with one attached hydrogen (secondary N) is 2. The summed E-state index contributed by atoms with van der Waals surface area (Å²) in [6.07, 6.45) is -3.99. The van der Waals surface area contributed by atoms with Crippen LogP contribution in [0.25, 0.3) is 0 Å². The Morgan fingerprint density at radius 3 is 2.30 bits per heavy atom. The van der Waals surface area contributed by atoms with Gasteiger partial charge in [0.15, 0.2) is 0 Å². The van der Waals surface area contributed by atoms with Crippen molar-refractivity contribution in [3.63, 3.8) is 0 Å². The van der Waals surface area contributed by atoms with Crippen molar-refractivity contribution in [2.75, 3.05) is 11.9 Å². The van der Waals surface area contributed by atoms with Crippen LogP contribution in [-0.4, -0.2) is 35.5 Å². The van der Waals surface area contributed by atoms with E-state index < -0.39 is 23.9 Å². The van der Waals surface area contributed by atoms with Gasteiger partial charge in [-0.3, -0.25) is 10.6 Å². The number of benzene rings is 1. The van der Waals surface area contributed by atoms with E-state index in [1.807, 2.05) is 0 Å². The van der Waals surface area contributed by atoms with Gasteiger partial charge in [0.2, 0.25) is 0 Å². The first-order chi connectivity index (χ1) is 12.8. The molecule has 0 radical (unpaired) electrons. The molecule has 27 heavy (non-hydrogen) atoms. The third-order valence-corrected chi connectivity index (χ3v) is 3.17. The number of hydrogen-bond acceptors (Lipinski definition) is 5. The number of rotatable bonds is 6. The third kappa shape index (κ3) is 4.87. The van der Waals surface area contributed by atoms with Crippen LogP contribution in [0, 0.1) is 0 Å².